The number of fused-ring (bicyclic) bond motifs is 1. The Kier molecular flexibility index (Phi) is 5.34. The fourth-order valence-corrected chi connectivity index (χ4v) is 5.85. The molecular weight excluding hydrogens is 424 g/mol. The Morgan fingerprint density at radius 2 is 1.81 bits per heavy atom. The summed E-state index contributed by atoms with van der Waals surface area (Å²) < 4.78 is 1.15. The number of amides is 2. The Labute approximate surface area is 188 Å². The molecule has 0 saturated carbocycles. The first-order valence-electron chi connectivity index (χ1n) is 10.1. The van der Waals surface area contributed by atoms with Gasteiger partial charge in [-0.25, -0.2) is 9.88 Å². The first kappa shape index (κ1) is 20.0. The first-order valence-corrected chi connectivity index (χ1v) is 11.9. The molecule has 154 valence electrons. The van der Waals surface area contributed by atoms with Crippen molar-refractivity contribution in [1.29, 1.82) is 0 Å². The van der Waals surface area contributed by atoms with E-state index in [1.165, 1.54) is 22.2 Å². The lowest BCUT2D eigenvalue weighted by Gasteiger charge is -2.15. The quantitative estimate of drug-likeness (QED) is 0.363. The van der Waals surface area contributed by atoms with Crippen molar-refractivity contribution in [3.63, 3.8) is 0 Å². The van der Waals surface area contributed by atoms with Crippen molar-refractivity contribution in [3.05, 3.63) is 83.9 Å². The maximum atomic E-state index is 12.9. The molecule has 6 heteroatoms. The van der Waals surface area contributed by atoms with Crippen LogP contribution >= 0.6 is 23.1 Å². The van der Waals surface area contributed by atoms with E-state index in [2.05, 4.69) is 19.1 Å². The molecule has 2 amide bonds. The third-order valence-corrected chi connectivity index (χ3v) is 7.65. The number of aromatic nitrogens is 1. The lowest BCUT2D eigenvalue weighted by atomic mass is 10.2. The van der Waals surface area contributed by atoms with Crippen LogP contribution in [0.2, 0.25) is 0 Å². The molecule has 5 rings (SSSR count). The van der Waals surface area contributed by atoms with Crippen LogP contribution in [0, 0.1) is 6.92 Å². The molecule has 2 heterocycles. The van der Waals surface area contributed by atoms with Crippen molar-refractivity contribution >= 4 is 50.8 Å². The summed E-state index contributed by atoms with van der Waals surface area (Å²) in [5.74, 6) is 0.446. The van der Waals surface area contributed by atoms with Gasteiger partial charge in [-0.15, -0.1) is 23.1 Å². The summed E-state index contributed by atoms with van der Waals surface area (Å²) in [5.41, 5.74) is 4.96. The zero-order chi connectivity index (χ0) is 21.4. The van der Waals surface area contributed by atoms with Crippen molar-refractivity contribution in [2.75, 3.05) is 4.90 Å². The van der Waals surface area contributed by atoms with Gasteiger partial charge in [-0.1, -0.05) is 36.4 Å². The predicted octanol–water partition coefficient (Wildman–Crippen LogP) is 5.84. The van der Waals surface area contributed by atoms with Gasteiger partial charge in [0.15, 0.2) is 0 Å². The van der Waals surface area contributed by atoms with E-state index in [1.54, 1.807) is 11.3 Å². The molecule has 4 aromatic rings. The molecule has 0 spiro atoms. The Bertz CT molecular complexity index is 1270. The summed E-state index contributed by atoms with van der Waals surface area (Å²) in [6.45, 7) is 2.07. The van der Waals surface area contributed by atoms with Crippen LogP contribution in [0.25, 0.3) is 20.8 Å². The maximum Gasteiger partial charge on any atom is 0.247 e. The van der Waals surface area contributed by atoms with Crippen molar-refractivity contribution < 1.29 is 9.59 Å². The fraction of sp³-hybridized carbons (Fsp3) is 0.160. The van der Waals surface area contributed by atoms with Crippen LogP contribution in [0.4, 0.5) is 5.69 Å². The van der Waals surface area contributed by atoms with E-state index in [9.17, 15) is 9.59 Å². The highest BCUT2D eigenvalue weighted by molar-refractivity contribution is 7.99. The van der Waals surface area contributed by atoms with Gasteiger partial charge in [-0.2, -0.15) is 0 Å². The lowest BCUT2D eigenvalue weighted by Crippen LogP contribution is -2.31. The Morgan fingerprint density at radius 1 is 1.03 bits per heavy atom. The third kappa shape index (κ3) is 4.01. The van der Waals surface area contributed by atoms with Crippen LogP contribution in [0.15, 0.2) is 72.8 Å². The van der Waals surface area contributed by atoms with Gasteiger partial charge in [0, 0.05) is 17.7 Å². The molecule has 1 aliphatic heterocycles. The van der Waals surface area contributed by atoms with Gasteiger partial charge >= 0.3 is 0 Å². The van der Waals surface area contributed by atoms with E-state index in [4.69, 9.17) is 4.98 Å². The number of imide groups is 1. The van der Waals surface area contributed by atoms with Gasteiger partial charge in [-0.05, 0) is 54.4 Å². The Hall–Kier alpha value is -2.96. The average Bonchev–Trinajstić information content (AvgIpc) is 3.33. The zero-order valence-electron chi connectivity index (χ0n) is 16.9. The summed E-state index contributed by atoms with van der Waals surface area (Å²) in [7, 11) is 0. The number of carbonyl (C=O) groups excluding carboxylic acids is 2. The summed E-state index contributed by atoms with van der Waals surface area (Å²) in [4.78, 5) is 31.6. The molecule has 3 aromatic carbocycles. The number of thioether (sulfide) groups is 1. The molecule has 0 radical (unpaired) electrons. The highest BCUT2D eigenvalue weighted by Gasteiger charge is 2.39. The molecule has 4 nitrogen and oxygen atoms in total. The number of anilines is 1. The lowest BCUT2D eigenvalue weighted by molar-refractivity contribution is -0.121. The highest BCUT2D eigenvalue weighted by atomic mass is 32.2. The largest absolute Gasteiger partial charge is 0.274 e. The minimum Gasteiger partial charge on any atom is -0.274 e. The number of benzene rings is 3. The van der Waals surface area contributed by atoms with Gasteiger partial charge < -0.3 is 0 Å². The second-order valence-corrected chi connectivity index (χ2v) is 9.82. The molecule has 1 unspecified atom stereocenters. The number of hydrogen-bond donors (Lipinski definition) is 0. The van der Waals surface area contributed by atoms with Crippen molar-refractivity contribution in [1.82, 2.24) is 4.98 Å². The van der Waals surface area contributed by atoms with Crippen LogP contribution in [0.3, 0.4) is 0 Å². The molecule has 1 saturated heterocycles. The van der Waals surface area contributed by atoms with Gasteiger partial charge in [-0.3, -0.25) is 9.59 Å². The fourth-order valence-electron chi connectivity index (χ4n) is 3.68. The molecule has 1 fully saturated rings. The molecule has 1 atom stereocenters. The molecule has 0 N–H and O–H groups in total. The molecule has 31 heavy (non-hydrogen) atoms. The molecule has 0 aliphatic carbocycles. The smallest absolute Gasteiger partial charge is 0.247 e. The van der Waals surface area contributed by atoms with E-state index in [1.807, 2.05) is 60.7 Å². The average molecular weight is 445 g/mol. The second kappa shape index (κ2) is 8.29. The van der Waals surface area contributed by atoms with E-state index < -0.39 is 0 Å². The maximum absolute atomic E-state index is 12.9. The van der Waals surface area contributed by atoms with E-state index in [-0.39, 0.29) is 23.5 Å². The number of rotatable bonds is 5. The summed E-state index contributed by atoms with van der Waals surface area (Å²) in [6, 6.07) is 23.8. The molecule has 1 aromatic heterocycles. The number of aryl methyl sites for hydroxylation is 1. The molecule has 0 bridgehead atoms. The monoisotopic (exact) mass is 444 g/mol. The van der Waals surface area contributed by atoms with Crippen molar-refractivity contribution in [3.8, 4) is 10.6 Å². The van der Waals surface area contributed by atoms with Crippen molar-refractivity contribution in [2.24, 2.45) is 0 Å². The summed E-state index contributed by atoms with van der Waals surface area (Å²) in [5, 5.41) is 0.599. The zero-order valence-corrected chi connectivity index (χ0v) is 18.6. The number of thiazole rings is 1. The van der Waals surface area contributed by atoms with Crippen molar-refractivity contribution in [2.45, 2.75) is 24.3 Å². The topological polar surface area (TPSA) is 50.3 Å². The van der Waals surface area contributed by atoms with E-state index >= 15 is 0 Å². The standard InChI is InChI=1S/C25H20N2O2S2/c1-16-7-12-20-21(13-16)31-24(26-20)18-8-10-19(11-9-18)27-23(28)14-22(25(27)29)30-15-17-5-3-2-4-6-17/h2-13,22H,14-15H2,1H3. The number of nitrogens with zero attached hydrogens (tertiary/aromatic N) is 2. The van der Waals surface area contributed by atoms with Crippen LogP contribution in [0.5, 0.6) is 0 Å². The van der Waals surface area contributed by atoms with Crippen LogP contribution < -0.4 is 4.90 Å². The van der Waals surface area contributed by atoms with Gasteiger partial charge in [0.1, 0.15) is 5.01 Å². The SMILES string of the molecule is Cc1ccc2nc(-c3ccc(N4C(=O)CC(SCc5ccccc5)C4=O)cc3)sc2c1. The minimum absolute atomic E-state index is 0.130. The predicted molar refractivity (Wildman–Crippen MR) is 128 cm³/mol. The minimum atomic E-state index is -0.333. The van der Waals surface area contributed by atoms with Gasteiger partial charge in [0.25, 0.3) is 0 Å². The van der Waals surface area contributed by atoms with Gasteiger partial charge in [0.05, 0.1) is 21.2 Å². The highest BCUT2D eigenvalue weighted by Crippen LogP contribution is 2.34. The molecule has 1 aliphatic rings. The second-order valence-electron chi connectivity index (χ2n) is 7.59. The Balaban J connectivity index is 1.32. The first-order chi connectivity index (χ1) is 15.1. The normalized spacial score (nSPS) is 16.4. The number of carbonyl (C=O) groups is 2. The number of hydrogen-bond acceptors (Lipinski definition) is 5. The van der Waals surface area contributed by atoms with Crippen LogP contribution in [0.1, 0.15) is 17.5 Å². The van der Waals surface area contributed by atoms with E-state index in [0.29, 0.717) is 11.4 Å². The van der Waals surface area contributed by atoms with Gasteiger partial charge in [0.2, 0.25) is 11.8 Å². The molecular formula is C25H20N2O2S2. The summed E-state index contributed by atoms with van der Waals surface area (Å²) in [6.07, 6.45) is 0.245. The van der Waals surface area contributed by atoms with E-state index in [0.717, 1.165) is 26.4 Å². The Morgan fingerprint density at radius 3 is 2.58 bits per heavy atom. The van der Waals surface area contributed by atoms with Crippen LogP contribution in [-0.2, 0) is 15.3 Å². The summed E-state index contributed by atoms with van der Waals surface area (Å²) >= 11 is 3.18. The third-order valence-electron chi connectivity index (χ3n) is 5.32. The van der Waals surface area contributed by atoms with Crippen LogP contribution in [-0.4, -0.2) is 22.0 Å².